The van der Waals surface area contributed by atoms with Crippen LogP contribution in [-0.2, 0) is 0 Å². The molecule has 0 spiro atoms. The van der Waals surface area contributed by atoms with E-state index in [2.05, 4.69) is 4.90 Å². The van der Waals surface area contributed by atoms with Crippen molar-refractivity contribution in [2.45, 2.75) is 25.4 Å². The highest BCUT2D eigenvalue weighted by atomic mass is 35.5. The van der Waals surface area contributed by atoms with E-state index in [1.165, 1.54) is 12.1 Å². The fourth-order valence-electron chi connectivity index (χ4n) is 2.31. The van der Waals surface area contributed by atoms with Gasteiger partial charge in [-0.25, -0.2) is 4.39 Å². The minimum atomic E-state index is -0.431. The average molecular weight is 287 g/mol. The Kier molecular flexibility index (Phi) is 5.43. The summed E-state index contributed by atoms with van der Waals surface area (Å²) >= 11 is 5.64. The second-order valence-electron chi connectivity index (χ2n) is 4.88. The van der Waals surface area contributed by atoms with Crippen molar-refractivity contribution >= 4 is 11.6 Å². The highest BCUT2D eigenvalue weighted by Crippen LogP contribution is 2.23. The Balaban J connectivity index is 1.80. The van der Waals surface area contributed by atoms with E-state index in [4.69, 9.17) is 22.1 Å². The molecule has 2 N–H and O–H groups in total. The van der Waals surface area contributed by atoms with Crippen molar-refractivity contribution in [2.75, 3.05) is 26.2 Å². The monoisotopic (exact) mass is 286 g/mol. The van der Waals surface area contributed by atoms with Gasteiger partial charge in [-0.2, -0.15) is 0 Å². The molecule has 1 aromatic carbocycles. The number of halogens is 2. The Morgan fingerprint density at radius 3 is 2.74 bits per heavy atom. The molecular formula is C14H20ClFN2O. The molecule has 2 rings (SSSR count). The summed E-state index contributed by atoms with van der Waals surface area (Å²) in [6.45, 7) is 3.82. The second kappa shape index (κ2) is 7.08. The summed E-state index contributed by atoms with van der Waals surface area (Å²) < 4.78 is 19.1. The third kappa shape index (κ3) is 4.34. The van der Waals surface area contributed by atoms with E-state index in [1.807, 2.05) is 0 Å². The molecule has 5 heteroatoms. The van der Waals surface area contributed by atoms with Crippen molar-refractivity contribution < 1.29 is 9.13 Å². The molecule has 106 valence electrons. The molecule has 0 unspecified atom stereocenters. The predicted molar refractivity (Wildman–Crippen MR) is 75.2 cm³/mol. The molecule has 0 amide bonds. The molecule has 1 aliphatic rings. The first-order valence-electron chi connectivity index (χ1n) is 6.73. The number of piperidine rings is 1. The second-order valence-corrected chi connectivity index (χ2v) is 5.28. The summed E-state index contributed by atoms with van der Waals surface area (Å²) in [5, 5.41) is 0.129. The molecule has 3 nitrogen and oxygen atoms in total. The van der Waals surface area contributed by atoms with Crippen molar-refractivity contribution in [2.24, 2.45) is 5.73 Å². The van der Waals surface area contributed by atoms with E-state index < -0.39 is 5.82 Å². The van der Waals surface area contributed by atoms with Crippen LogP contribution < -0.4 is 10.5 Å². The zero-order valence-electron chi connectivity index (χ0n) is 10.9. The van der Waals surface area contributed by atoms with Crippen LogP contribution >= 0.6 is 11.6 Å². The molecule has 0 radical (unpaired) electrons. The molecule has 1 saturated heterocycles. The highest BCUT2D eigenvalue weighted by molar-refractivity contribution is 6.30. The van der Waals surface area contributed by atoms with Crippen LogP contribution in [0.15, 0.2) is 18.2 Å². The standard InChI is InChI=1S/C14H20ClFN2O/c15-13-3-2-12(10-14(13)16)19-11-4-8-18(9-5-11)7-1-6-17/h2-3,10-11H,1,4-9,17H2. The van der Waals surface area contributed by atoms with Crippen LogP contribution in [0.5, 0.6) is 5.75 Å². The van der Waals surface area contributed by atoms with Gasteiger partial charge in [0.2, 0.25) is 0 Å². The maximum absolute atomic E-state index is 13.3. The predicted octanol–water partition coefficient (Wildman–Crippen LogP) is 2.67. The third-order valence-electron chi connectivity index (χ3n) is 3.41. The molecule has 0 bridgehead atoms. The number of benzene rings is 1. The highest BCUT2D eigenvalue weighted by Gasteiger charge is 2.20. The third-order valence-corrected chi connectivity index (χ3v) is 3.71. The van der Waals surface area contributed by atoms with Gasteiger partial charge in [0.25, 0.3) is 0 Å². The summed E-state index contributed by atoms with van der Waals surface area (Å²) in [5.41, 5.74) is 5.50. The maximum atomic E-state index is 13.3. The van der Waals surface area contributed by atoms with Gasteiger partial charge in [0.15, 0.2) is 0 Å². The first kappa shape index (κ1) is 14.6. The smallest absolute Gasteiger partial charge is 0.145 e. The topological polar surface area (TPSA) is 38.5 Å². The summed E-state index contributed by atoms with van der Waals surface area (Å²) in [4.78, 5) is 2.40. The van der Waals surface area contributed by atoms with Crippen molar-refractivity contribution in [1.82, 2.24) is 4.90 Å². The molecule has 0 aliphatic carbocycles. The van der Waals surface area contributed by atoms with Gasteiger partial charge in [0.1, 0.15) is 17.7 Å². The van der Waals surface area contributed by atoms with Gasteiger partial charge in [-0.15, -0.1) is 0 Å². The Morgan fingerprint density at radius 2 is 2.11 bits per heavy atom. The lowest BCUT2D eigenvalue weighted by Gasteiger charge is -2.32. The summed E-state index contributed by atoms with van der Waals surface area (Å²) in [6.07, 6.45) is 3.13. The molecule has 19 heavy (non-hydrogen) atoms. The zero-order chi connectivity index (χ0) is 13.7. The number of likely N-dealkylation sites (tertiary alicyclic amines) is 1. The number of nitrogens with two attached hydrogens (primary N) is 1. The van der Waals surface area contributed by atoms with Crippen LogP contribution in [-0.4, -0.2) is 37.2 Å². The normalized spacial score (nSPS) is 17.6. The minimum Gasteiger partial charge on any atom is -0.490 e. The van der Waals surface area contributed by atoms with Gasteiger partial charge >= 0.3 is 0 Å². The van der Waals surface area contributed by atoms with Crippen LogP contribution in [0.2, 0.25) is 5.02 Å². The van der Waals surface area contributed by atoms with E-state index in [1.54, 1.807) is 6.07 Å². The lowest BCUT2D eigenvalue weighted by molar-refractivity contribution is 0.100. The number of rotatable bonds is 5. The maximum Gasteiger partial charge on any atom is 0.145 e. The Bertz CT molecular complexity index is 408. The van der Waals surface area contributed by atoms with Crippen molar-refractivity contribution in [1.29, 1.82) is 0 Å². The lowest BCUT2D eigenvalue weighted by atomic mass is 10.1. The molecule has 1 aromatic rings. The van der Waals surface area contributed by atoms with Crippen LogP contribution in [0, 0.1) is 5.82 Å². The van der Waals surface area contributed by atoms with Gasteiger partial charge in [-0.1, -0.05) is 11.6 Å². The molecular weight excluding hydrogens is 267 g/mol. The van der Waals surface area contributed by atoms with Crippen LogP contribution in [0.25, 0.3) is 0 Å². The van der Waals surface area contributed by atoms with E-state index in [0.717, 1.165) is 45.4 Å². The van der Waals surface area contributed by atoms with Gasteiger partial charge in [-0.05, 0) is 44.5 Å². The van der Waals surface area contributed by atoms with Gasteiger partial charge in [0.05, 0.1) is 5.02 Å². The summed E-state index contributed by atoms with van der Waals surface area (Å²) in [6, 6.07) is 4.60. The first-order chi connectivity index (χ1) is 9.19. The Morgan fingerprint density at radius 1 is 1.37 bits per heavy atom. The summed E-state index contributed by atoms with van der Waals surface area (Å²) in [7, 11) is 0. The fraction of sp³-hybridized carbons (Fsp3) is 0.571. The number of hydrogen-bond acceptors (Lipinski definition) is 3. The molecule has 0 atom stereocenters. The van der Waals surface area contributed by atoms with Crippen molar-refractivity contribution in [3.8, 4) is 5.75 Å². The quantitative estimate of drug-likeness (QED) is 0.904. The van der Waals surface area contributed by atoms with Crippen molar-refractivity contribution in [3.05, 3.63) is 29.0 Å². The van der Waals surface area contributed by atoms with Gasteiger partial charge in [0, 0.05) is 19.2 Å². The Labute approximate surface area is 118 Å². The van der Waals surface area contributed by atoms with E-state index in [9.17, 15) is 4.39 Å². The molecule has 1 aliphatic heterocycles. The number of ether oxygens (including phenoxy) is 1. The van der Waals surface area contributed by atoms with Crippen LogP contribution in [0.3, 0.4) is 0 Å². The van der Waals surface area contributed by atoms with E-state index in [0.29, 0.717) is 5.75 Å². The molecule has 1 fully saturated rings. The summed E-state index contributed by atoms with van der Waals surface area (Å²) in [5.74, 6) is 0.127. The zero-order valence-corrected chi connectivity index (χ0v) is 11.7. The fourth-order valence-corrected chi connectivity index (χ4v) is 2.43. The SMILES string of the molecule is NCCCN1CCC(Oc2ccc(Cl)c(F)c2)CC1. The number of hydrogen-bond donors (Lipinski definition) is 1. The van der Waals surface area contributed by atoms with Crippen LogP contribution in [0.4, 0.5) is 4.39 Å². The lowest BCUT2D eigenvalue weighted by Crippen LogP contribution is -2.39. The van der Waals surface area contributed by atoms with E-state index >= 15 is 0 Å². The molecule has 0 aromatic heterocycles. The van der Waals surface area contributed by atoms with Gasteiger partial charge in [-0.3, -0.25) is 0 Å². The molecule has 0 saturated carbocycles. The largest absolute Gasteiger partial charge is 0.490 e. The minimum absolute atomic E-state index is 0.129. The molecule has 1 heterocycles. The Hall–Kier alpha value is -0.840. The van der Waals surface area contributed by atoms with Gasteiger partial charge < -0.3 is 15.4 Å². The first-order valence-corrected chi connectivity index (χ1v) is 7.11. The number of nitrogens with zero attached hydrogens (tertiary/aromatic N) is 1. The van der Waals surface area contributed by atoms with E-state index in [-0.39, 0.29) is 11.1 Å². The van der Waals surface area contributed by atoms with Crippen molar-refractivity contribution in [3.63, 3.8) is 0 Å². The average Bonchev–Trinajstić information content (AvgIpc) is 2.42. The van der Waals surface area contributed by atoms with Crippen LogP contribution in [0.1, 0.15) is 19.3 Å².